The molecule has 0 aliphatic carbocycles. The normalized spacial score (nSPS) is 23.4. The zero-order valence-electron chi connectivity index (χ0n) is 12.5. The largest absolute Gasteiger partial charge is 0.342 e. The minimum atomic E-state index is -0.442. The van der Waals surface area contributed by atoms with E-state index in [1.165, 1.54) is 0 Å². The zero-order chi connectivity index (χ0) is 14.9. The number of nitrogens with one attached hydrogen (secondary N) is 1. The van der Waals surface area contributed by atoms with Crippen molar-refractivity contribution in [3.05, 3.63) is 18.0 Å². The molecule has 1 aliphatic heterocycles. The first-order valence-corrected chi connectivity index (χ1v) is 7.06. The number of rotatable bonds is 4. The Morgan fingerprint density at radius 1 is 1.40 bits per heavy atom. The maximum absolute atomic E-state index is 12.5. The third-order valence-electron chi connectivity index (χ3n) is 3.72. The Balaban J connectivity index is 2.18. The van der Waals surface area contributed by atoms with E-state index in [-0.39, 0.29) is 17.7 Å². The molecule has 2 unspecified atom stereocenters. The minimum Gasteiger partial charge on any atom is -0.342 e. The summed E-state index contributed by atoms with van der Waals surface area (Å²) in [7, 11) is 0. The number of hydrogen-bond donors (Lipinski definition) is 1. The number of carbonyl (C=O) groups excluding carboxylic acids is 2. The molecule has 20 heavy (non-hydrogen) atoms. The van der Waals surface area contributed by atoms with Gasteiger partial charge in [0.2, 0.25) is 11.8 Å². The highest BCUT2D eigenvalue weighted by Gasteiger charge is 2.39. The van der Waals surface area contributed by atoms with E-state index in [4.69, 9.17) is 0 Å². The lowest BCUT2D eigenvalue weighted by Gasteiger charge is -2.38. The number of piperazine rings is 1. The van der Waals surface area contributed by atoms with Crippen LogP contribution in [0.15, 0.2) is 12.4 Å². The van der Waals surface area contributed by atoms with Gasteiger partial charge in [0.15, 0.2) is 0 Å². The van der Waals surface area contributed by atoms with Crippen molar-refractivity contribution < 1.29 is 9.59 Å². The lowest BCUT2D eigenvalue weighted by Crippen LogP contribution is -2.63. The van der Waals surface area contributed by atoms with Gasteiger partial charge in [-0.25, -0.2) is 0 Å². The van der Waals surface area contributed by atoms with Crippen LogP contribution >= 0.6 is 0 Å². The lowest BCUT2D eigenvalue weighted by atomic mass is 9.98. The molecule has 110 valence electrons. The summed E-state index contributed by atoms with van der Waals surface area (Å²) in [5.41, 5.74) is 0.948. The first-order valence-electron chi connectivity index (χ1n) is 7.06. The molecule has 1 aromatic heterocycles. The fourth-order valence-corrected chi connectivity index (χ4v) is 2.37. The first kappa shape index (κ1) is 14.6. The van der Waals surface area contributed by atoms with Gasteiger partial charge in [0.25, 0.3) is 0 Å². The van der Waals surface area contributed by atoms with E-state index < -0.39 is 12.1 Å². The van der Waals surface area contributed by atoms with Crippen LogP contribution in [0.2, 0.25) is 0 Å². The molecule has 1 fully saturated rings. The Hall–Kier alpha value is -1.85. The first-order chi connectivity index (χ1) is 9.43. The Morgan fingerprint density at radius 3 is 2.65 bits per heavy atom. The summed E-state index contributed by atoms with van der Waals surface area (Å²) in [5, 5.41) is 7.00. The van der Waals surface area contributed by atoms with Crippen LogP contribution in [0.5, 0.6) is 0 Å². The predicted octanol–water partition coefficient (Wildman–Crippen LogP) is 0.774. The number of aryl methyl sites for hydroxylation is 1. The molecule has 2 heterocycles. The molecule has 1 saturated heterocycles. The van der Waals surface area contributed by atoms with Crippen LogP contribution in [0.4, 0.5) is 0 Å². The van der Waals surface area contributed by atoms with Crippen LogP contribution in [0.3, 0.4) is 0 Å². The average molecular weight is 278 g/mol. The summed E-state index contributed by atoms with van der Waals surface area (Å²) in [5.74, 6) is -0.0256. The molecule has 0 radical (unpaired) electrons. The number of carbonyl (C=O) groups is 2. The highest BCUT2D eigenvalue weighted by molar-refractivity contribution is 5.96. The summed E-state index contributed by atoms with van der Waals surface area (Å²) >= 11 is 0. The van der Waals surface area contributed by atoms with Gasteiger partial charge >= 0.3 is 0 Å². The fourth-order valence-electron chi connectivity index (χ4n) is 2.37. The van der Waals surface area contributed by atoms with E-state index in [9.17, 15) is 9.59 Å². The second-order valence-electron chi connectivity index (χ2n) is 5.58. The standard InChI is InChI=1S/C14H22N4O2/c1-5-17-7-11(6-15-17)8-18-10(4)13(19)16-12(9(2)3)14(18)20/h6-7,9-10,12H,5,8H2,1-4H3,(H,16,19). The Morgan fingerprint density at radius 2 is 2.10 bits per heavy atom. The molecule has 6 heteroatoms. The molecule has 6 nitrogen and oxygen atoms in total. The van der Waals surface area contributed by atoms with Gasteiger partial charge in [0.05, 0.1) is 6.20 Å². The molecule has 0 aromatic carbocycles. The molecule has 2 amide bonds. The second-order valence-corrected chi connectivity index (χ2v) is 5.58. The minimum absolute atomic E-state index is 0.0173. The van der Waals surface area contributed by atoms with Gasteiger partial charge in [0.1, 0.15) is 12.1 Å². The zero-order valence-corrected chi connectivity index (χ0v) is 12.5. The average Bonchev–Trinajstić information content (AvgIpc) is 2.86. The number of hydrogen-bond acceptors (Lipinski definition) is 3. The van der Waals surface area contributed by atoms with Gasteiger partial charge in [-0.05, 0) is 19.8 Å². The summed E-state index contributed by atoms with van der Waals surface area (Å²) in [6.07, 6.45) is 3.66. The molecular formula is C14H22N4O2. The van der Waals surface area contributed by atoms with Crippen molar-refractivity contribution in [2.75, 3.05) is 0 Å². The van der Waals surface area contributed by atoms with Gasteiger partial charge in [-0.15, -0.1) is 0 Å². The third-order valence-corrected chi connectivity index (χ3v) is 3.72. The summed E-state index contributed by atoms with van der Waals surface area (Å²) < 4.78 is 1.81. The quantitative estimate of drug-likeness (QED) is 0.885. The molecule has 0 bridgehead atoms. The Bertz CT molecular complexity index is 509. The van der Waals surface area contributed by atoms with Crippen molar-refractivity contribution in [1.29, 1.82) is 0 Å². The van der Waals surface area contributed by atoms with Gasteiger partial charge in [0, 0.05) is 24.8 Å². The highest BCUT2D eigenvalue weighted by atomic mass is 16.2. The third kappa shape index (κ3) is 2.69. The monoisotopic (exact) mass is 278 g/mol. The molecule has 1 N–H and O–H groups in total. The SMILES string of the molecule is CCn1cc(CN2C(=O)C(C(C)C)NC(=O)C2C)cn1. The smallest absolute Gasteiger partial charge is 0.246 e. The fraction of sp³-hybridized carbons (Fsp3) is 0.643. The maximum atomic E-state index is 12.5. The predicted molar refractivity (Wildman–Crippen MR) is 74.7 cm³/mol. The van der Waals surface area contributed by atoms with E-state index in [0.29, 0.717) is 6.54 Å². The van der Waals surface area contributed by atoms with Crippen LogP contribution < -0.4 is 5.32 Å². The topological polar surface area (TPSA) is 67.2 Å². The summed E-state index contributed by atoms with van der Waals surface area (Å²) in [6, 6.07) is -0.873. The molecular weight excluding hydrogens is 256 g/mol. The maximum Gasteiger partial charge on any atom is 0.246 e. The second kappa shape index (κ2) is 5.64. The van der Waals surface area contributed by atoms with Gasteiger partial charge in [-0.2, -0.15) is 5.10 Å². The van der Waals surface area contributed by atoms with Crippen molar-refractivity contribution in [3.8, 4) is 0 Å². The Kier molecular flexibility index (Phi) is 4.11. The molecule has 1 aliphatic rings. The van der Waals surface area contributed by atoms with Crippen LogP contribution in [0.25, 0.3) is 0 Å². The summed E-state index contributed by atoms with van der Waals surface area (Å²) in [4.78, 5) is 26.1. The van der Waals surface area contributed by atoms with E-state index >= 15 is 0 Å². The Labute approximate surface area is 119 Å². The van der Waals surface area contributed by atoms with Crippen LogP contribution in [0.1, 0.15) is 33.3 Å². The van der Waals surface area contributed by atoms with E-state index in [1.807, 2.05) is 31.6 Å². The van der Waals surface area contributed by atoms with Crippen LogP contribution in [-0.2, 0) is 22.7 Å². The van der Waals surface area contributed by atoms with E-state index in [2.05, 4.69) is 10.4 Å². The van der Waals surface area contributed by atoms with Crippen molar-refractivity contribution in [3.63, 3.8) is 0 Å². The van der Waals surface area contributed by atoms with Crippen molar-refractivity contribution in [1.82, 2.24) is 20.0 Å². The van der Waals surface area contributed by atoms with E-state index in [0.717, 1.165) is 12.1 Å². The number of nitrogens with zero attached hydrogens (tertiary/aromatic N) is 3. The van der Waals surface area contributed by atoms with Gasteiger partial charge in [-0.1, -0.05) is 13.8 Å². The van der Waals surface area contributed by atoms with Crippen molar-refractivity contribution in [2.45, 2.75) is 52.9 Å². The molecule has 2 rings (SSSR count). The van der Waals surface area contributed by atoms with Crippen molar-refractivity contribution in [2.24, 2.45) is 5.92 Å². The number of amides is 2. The van der Waals surface area contributed by atoms with Gasteiger partial charge in [-0.3, -0.25) is 14.3 Å². The molecule has 0 saturated carbocycles. The van der Waals surface area contributed by atoms with E-state index in [1.54, 1.807) is 18.0 Å². The van der Waals surface area contributed by atoms with Crippen LogP contribution in [-0.4, -0.2) is 38.6 Å². The lowest BCUT2D eigenvalue weighted by molar-refractivity contribution is -0.150. The molecule has 2 atom stereocenters. The molecule has 0 spiro atoms. The molecule has 1 aromatic rings. The highest BCUT2D eigenvalue weighted by Crippen LogP contribution is 2.18. The number of aromatic nitrogens is 2. The van der Waals surface area contributed by atoms with Gasteiger partial charge < -0.3 is 10.2 Å². The van der Waals surface area contributed by atoms with Crippen molar-refractivity contribution >= 4 is 11.8 Å². The van der Waals surface area contributed by atoms with Crippen LogP contribution in [0, 0.1) is 5.92 Å². The summed E-state index contributed by atoms with van der Waals surface area (Å²) in [6.45, 7) is 8.86.